The third-order valence-corrected chi connectivity index (χ3v) is 3.62. The first-order valence-corrected chi connectivity index (χ1v) is 7.36. The van der Waals surface area contributed by atoms with Gasteiger partial charge < -0.3 is 5.11 Å². The van der Waals surface area contributed by atoms with Crippen LogP contribution >= 0.6 is 38.5 Å². The average Bonchev–Trinajstić information content (AvgIpc) is 2.42. The number of hydrazone groups is 1. The highest BCUT2D eigenvalue weighted by Gasteiger charge is 2.04. The molecule has 0 atom stereocenters. The van der Waals surface area contributed by atoms with Gasteiger partial charge in [-0.25, -0.2) is 5.43 Å². The van der Waals surface area contributed by atoms with E-state index >= 15 is 0 Å². The molecule has 0 spiro atoms. The zero-order chi connectivity index (χ0) is 14.5. The van der Waals surface area contributed by atoms with Gasteiger partial charge in [0.05, 0.1) is 15.3 Å². The highest BCUT2D eigenvalue weighted by molar-refractivity contribution is 14.1. The lowest BCUT2D eigenvalue weighted by Gasteiger charge is -2.00. The van der Waals surface area contributed by atoms with Gasteiger partial charge in [0.25, 0.3) is 5.91 Å². The minimum Gasteiger partial charge on any atom is -0.507 e. The summed E-state index contributed by atoms with van der Waals surface area (Å²) in [5, 5.41) is 13.3. The summed E-state index contributed by atoms with van der Waals surface area (Å²) >= 11 is 5.26. The maximum absolute atomic E-state index is 11.8. The molecule has 0 aliphatic heterocycles. The van der Waals surface area contributed by atoms with E-state index in [0.29, 0.717) is 9.13 Å². The fourth-order valence-corrected chi connectivity index (χ4v) is 2.27. The van der Waals surface area contributed by atoms with Crippen LogP contribution in [0.25, 0.3) is 0 Å². The molecule has 1 aromatic carbocycles. The van der Waals surface area contributed by atoms with Crippen molar-refractivity contribution < 1.29 is 9.90 Å². The Balaban J connectivity index is 2.02. The molecule has 0 saturated carbocycles. The number of phenols is 1. The number of aromatic nitrogens is 1. The number of benzene rings is 1. The first kappa shape index (κ1) is 14.9. The number of hydrogen-bond donors (Lipinski definition) is 2. The van der Waals surface area contributed by atoms with Crippen LogP contribution in [-0.2, 0) is 0 Å². The van der Waals surface area contributed by atoms with Crippen molar-refractivity contribution in [2.45, 2.75) is 0 Å². The fourth-order valence-electron chi connectivity index (χ4n) is 1.37. The normalized spacial score (nSPS) is 10.7. The number of carbonyl (C=O) groups is 1. The zero-order valence-corrected chi connectivity index (χ0v) is 13.8. The Labute approximate surface area is 137 Å². The first-order valence-electron chi connectivity index (χ1n) is 5.49. The lowest BCUT2D eigenvalue weighted by atomic mass is 10.2. The maximum Gasteiger partial charge on any atom is 0.272 e. The molecule has 1 amide bonds. The zero-order valence-electron chi connectivity index (χ0n) is 10.0. The predicted octanol–water partition coefficient (Wildman–Crippen LogP) is 2.92. The molecule has 7 heteroatoms. The van der Waals surface area contributed by atoms with E-state index in [1.54, 1.807) is 30.5 Å². The molecule has 0 saturated heterocycles. The SMILES string of the molecule is O=C(N/N=C/c1ccc(O)c(I)c1)c1cncc(Br)c1. The number of nitrogens with one attached hydrogen (secondary N) is 1. The quantitative estimate of drug-likeness (QED) is 0.433. The highest BCUT2D eigenvalue weighted by Crippen LogP contribution is 2.19. The minimum absolute atomic E-state index is 0.215. The molecule has 0 bridgehead atoms. The van der Waals surface area contributed by atoms with E-state index in [0.717, 1.165) is 10.0 Å². The monoisotopic (exact) mass is 445 g/mol. The number of aromatic hydroxyl groups is 1. The van der Waals surface area contributed by atoms with Crippen molar-refractivity contribution in [3.8, 4) is 5.75 Å². The van der Waals surface area contributed by atoms with Crippen molar-refractivity contribution in [2.75, 3.05) is 0 Å². The lowest BCUT2D eigenvalue weighted by Crippen LogP contribution is -2.17. The number of nitrogens with zero attached hydrogens (tertiary/aromatic N) is 2. The van der Waals surface area contributed by atoms with Gasteiger partial charge in [0.1, 0.15) is 5.75 Å². The second-order valence-corrected chi connectivity index (χ2v) is 5.88. The molecule has 2 N–H and O–H groups in total. The van der Waals surface area contributed by atoms with Crippen molar-refractivity contribution in [1.29, 1.82) is 0 Å². The summed E-state index contributed by atoms with van der Waals surface area (Å²) in [5.41, 5.74) is 3.60. The number of pyridine rings is 1. The summed E-state index contributed by atoms with van der Waals surface area (Å²) < 4.78 is 1.44. The standard InChI is InChI=1S/C13H9BrIN3O2/c14-10-4-9(6-16-7-10)13(20)18-17-5-8-1-2-12(19)11(15)3-8/h1-7,19H,(H,18,20)/b17-5+. The molecule has 1 aromatic heterocycles. The Hall–Kier alpha value is -1.48. The summed E-state index contributed by atoms with van der Waals surface area (Å²) in [4.78, 5) is 15.7. The van der Waals surface area contributed by atoms with Crippen LogP contribution in [0.3, 0.4) is 0 Å². The molecule has 1 heterocycles. The predicted molar refractivity (Wildman–Crippen MR) is 87.8 cm³/mol. The van der Waals surface area contributed by atoms with Crippen LogP contribution < -0.4 is 5.43 Å². The van der Waals surface area contributed by atoms with Gasteiger partial charge in [-0.3, -0.25) is 9.78 Å². The summed E-state index contributed by atoms with van der Waals surface area (Å²) in [6.07, 6.45) is 4.56. The van der Waals surface area contributed by atoms with Gasteiger partial charge in [0.2, 0.25) is 0 Å². The van der Waals surface area contributed by atoms with Crippen LogP contribution in [0, 0.1) is 3.57 Å². The van der Waals surface area contributed by atoms with E-state index in [2.05, 4.69) is 31.4 Å². The number of halogens is 2. The van der Waals surface area contributed by atoms with Crippen LogP contribution in [-0.4, -0.2) is 22.2 Å². The Morgan fingerprint density at radius 2 is 2.20 bits per heavy atom. The van der Waals surface area contributed by atoms with Gasteiger partial charge in [-0.05, 0) is 68.3 Å². The lowest BCUT2D eigenvalue weighted by molar-refractivity contribution is 0.0954. The minimum atomic E-state index is -0.344. The Morgan fingerprint density at radius 1 is 1.40 bits per heavy atom. The molecule has 0 fully saturated rings. The largest absolute Gasteiger partial charge is 0.507 e. The highest BCUT2D eigenvalue weighted by atomic mass is 127. The maximum atomic E-state index is 11.8. The molecule has 0 unspecified atom stereocenters. The third kappa shape index (κ3) is 4.01. The Bertz CT molecular complexity index is 676. The van der Waals surface area contributed by atoms with Crippen molar-refractivity contribution in [3.05, 3.63) is 55.8 Å². The number of hydrogen-bond acceptors (Lipinski definition) is 4. The Morgan fingerprint density at radius 3 is 2.90 bits per heavy atom. The third-order valence-electron chi connectivity index (χ3n) is 2.32. The number of rotatable bonds is 3. The molecule has 5 nitrogen and oxygen atoms in total. The molecular formula is C13H9BrIN3O2. The van der Waals surface area contributed by atoms with Crippen molar-refractivity contribution in [2.24, 2.45) is 5.10 Å². The van der Waals surface area contributed by atoms with E-state index in [1.165, 1.54) is 12.4 Å². The van der Waals surface area contributed by atoms with Crippen LogP contribution in [0.2, 0.25) is 0 Å². The number of phenolic OH excluding ortho intramolecular Hbond substituents is 1. The van der Waals surface area contributed by atoms with Gasteiger partial charge in [0, 0.05) is 16.9 Å². The molecule has 102 valence electrons. The number of amides is 1. The van der Waals surface area contributed by atoms with Gasteiger partial charge in [0.15, 0.2) is 0 Å². The molecular weight excluding hydrogens is 437 g/mol. The second kappa shape index (κ2) is 6.80. The summed E-state index contributed by atoms with van der Waals surface area (Å²) in [6, 6.07) is 6.69. The van der Waals surface area contributed by atoms with Crippen LogP contribution in [0.1, 0.15) is 15.9 Å². The van der Waals surface area contributed by atoms with Gasteiger partial charge in [-0.1, -0.05) is 0 Å². The summed E-state index contributed by atoms with van der Waals surface area (Å²) in [5.74, 6) is -0.129. The van der Waals surface area contributed by atoms with E-state index in [9.17, 15) is 9.90 Å². The van der Waals surface area contributed by atoms with E-state index < -0.39 is 0 Å². The molecule has 0 aliphatic carbocycles. The second-order valence-electron chi connectivity index (χ2n) is 3.80. The first-order chi connectivity index (χ1) is 9.56. The molecule has 0 aliphatic rings. The van der Waals surface area contributed by atoms with Gasteiger partial charge >= 0.3 is 0 Å². The molecule has 2 rings (SSSR count). The topological polar surface area (TPSA) is 74.6 Å². The van der Waals surface area contributed by atoms with Gasteiger partial charge in [-0.2, -0.15) is 5.10 Å². The summed E-state index contributed by atoms with van der Waals surface area (Å²) in [7, 11) is 0. The molecule has 2 aromatic rings. The fraction of sp³-hybridized carbons (Fsp3) is 0. The number of carbonyl (C=O) groups excluding carboxylic acids is 1. The van der Waals surface area contributed by atoms with Crippen LogP contribution in [0.4, 0.5) is 0 Å². The molecule has 20 heavy (non-hydrogen) atoms. The summed E-state index contributed by atoms with van der Waals surface area (Å²) in [6.45, 7) is 0. The van der Waals surface area contributed by atoms with Crippen LogP contribution in [0.5, 0.6) is 5.75 Å². The Kier molecular flexibility index (Phi) is 5.07. The van der Waals surface area contributed by atoms with E-state index in [4.69, 9.17) is 0 Å². The van der Waals surface area contributed by atoms with E-state index in [-0.39, 0.29) is 11.7 Å². The smallest absolute Gasteiger partial charge is 0.272 e. The van der Waals surface area contributed by atoms with Crippen molar-refractivity contribution in [3.63, 3.8) is 0 Å². The van der Waals surface area contributed by atoms with E-state index in [1.807, 2.05) is 22.6 Å². The average molecular weight is 446 g/mol. The van der Waals surface area contributed by atoms with Crippen molar-refractivity contribution in [1.82, 2.24) is 10.4 Å². The molecule has 0 radical (unpaired) electrons. The van der Waals surface area contributed by atoms with Crippen molar-refractivity contribution >= 4 is 50.6 Å². The van der Waals surface area contributed by atoms with Gasteiger partial charge in [-0.15, -0.1) is 0 Å². The van der Waals surface area contributed by atoms with Crippen LogP contribution in [0.15, 0.2) is 46.2 Å².